The van der Waals surface area contributed by atoms with Gasteiger partial charge >= 0.3 is 0 Å². The summed E-state index contributed by atoms with van der Waals surface area (Å²) < 4.78 is 0. The molecule has 2 heteroatoms. The summed E-state index contributed by atoms with van der Waals surface area (Å²) in [6, 6.07) is 9.99. The highest BCUT2D eigenvalue weighted by atomic mass is 14.6. The maximum Gasteiger partial charge on any atom is 0.0346 e. The lowest BCUT2D eigenvalue weighted by Crippen LogP contribution is -1.89. The SMILES string of the molecule is Cc1cc(-c2cccnc2)ccc1N. The molecule has 0 atom stereocenters. The Labute approximate surface area is 83.4 Å². The lowest BCUT2D eigenvalue weighted by atomic mass is 10.0. The highest BCUT2D eigenvalue weighted by molar-refractivity contribution is 5.66. The van der Waals surface area contributed by atoms with E-state index in [4.69, 9.17) is 5.73 Å². The number of anilines is 1. The molecule has 2 nitrogen and oxygen atoms in total. The van der Waals surface area contributed by atoms with Gasteiger partial charge in [0.25, 0.3) is 0 Å². The summed E-state index contributed by atoms with van der Waals surface area (Å²) in [5, 5.41) is 0. The van der Waals surface area contributed by atoms with E-state index >= 15 is 0 Å². The van der Waals surface area contributed by atoms with Gasteiger partial charge in [0.05, 0.1) is 0 Å². The summed E-state index contributed by atoms with van der Waals surface area (Å²) >= 11 is 0. The molecule has 0 fully saturated rings. The van der Waals surface area contributed by atoms with Crippen molar-refractivity contribution >= 4 is 5.69 Å². The Morgan fingerprint density at radius 1 is 1.14 bits per heavy atom. The maximum absolute atomic E-state index is 5.75. The van der Waals surface area contributed by atoms with Gasteiger partial charge in [0.1, 0.15) is 0 Å². The Hall–Kier alpha value is -1.83. The zero-order valence-electron chi connectivity index (χ0n) is 8.07. The quantitative estimate of drug-likeness (QED) is 0.692. The largest absolute Gasteiger partial charge is 0.399 e. The number of pyridine rings is 1. The van der Waals surface area contributed by atoms with E-state index in [1.165, 1.54) is 0 Å². The van der Waals surface area contributed by atoms with Crippen molar-refractivity contribution in [2.45, 2.75) is 6.92 Å². The number of hydrogen-bond donors (Lipinski definition) is 1. The Balaban J connectivity index is 2.48. The number of aryl methyl sites for hydroxylation is 1. The minimum atomic E-state index is 0.831. The monoisotopic (exact) mass is 184 g/mol. The molecule has 0 saturated heterocycles. The van der Waals surface area contributed by atoms with Gasteiger partial charge in [0.15, 0.2) is 0 Å². The first-order valence-corrected chi connectivity index (χ1v) is 4.54. The fourth-order valence-electron chi connectivity index (χ4n) is 1.39. The molecule has 2 N–H and O–H groups in total. The van der Waals surface area contributed by atoms with E-state index in [-0.39, 0.29) is 0 Å². The maximum atomic E-state index is 5.75. The molecule has 1 aromatic heterocycles. The molecule has 0 bridgehead atoms. The fourth-order valence-corrected chi connectivity index (χ4v) is 1.39. The molecule has 0 radical (unpaired) electrons. The standard InChI is InChI=1S/C12H12N2/c1-9-7-10(4-5-12(9)13)11-3-2-6-14-8-11/h2-8H,13H2,1H3. The molecule has 0 unspecified atom stereocenters. The van der Waals surface area contributed by atoms with Crippen LogP contribution in [0.1, 0.15) is 5.56 Å². The Morgan fingerprint density at radius 2 is 2.00 bits per heavy atom. The number of aromatic nitrogens is 1. The average molecular weight is 184 g/mol. The van der Waals surface area contributed by atoms with Crippen LogP contribution in [0.2, 0.25) is 0 Å². The first-order chi connectivity index (χ1) is 6.77. The predicted octanol–water partition coefficient (Wildman–Crippen LogP) is 2.64. The second kappa shape index (κ2) is 3.50. The van der Waals surface area contributed by atoms with Crippen molar-refractivity contribution in [3.63, 3.8) is 0 Å². The molecule has 0 spiro atoms. The molecule has 0 aliphatic heterocycles. The zero-order chi connectivity index (χ0) is 9.97. The van der Waals surface area contributed by atoms with Gasteiger partial charge in [0.2, 0.25) is 0 Å². The van der Waals surface area contributed by atoms with Crippen molar-refractivity contribution in [2.75, 3.05) is 5.73 Å². The van der Waals surface area contributed by atoms with E-state index in [9.17, 15) is 0 Å². The summed E-state index contributed by atoms with van der Waals surface area (Å²) in [5.41, 5.74) is 9.96. The molecule has 0 aliphatic carbocycles. The lowest BCUT2D eigenvalue weighted by Gasteiger charge is -2.04. The van der Waals surface area contributed by atoms with Crippen LogP contribution in [0.5, 0.6) is 0 Å². The fraction of sp³-hybridized carbons (Fsp3) is 0.0833. The van der Waals surface area contributed by atoms with Crippen molar-refractivity contribution in [1.82, 2.24) is 4.98 Å². The van der Waals surface area contributed by atoms with Crippen LogP contribution in [0.25, 0.3) is 11.1 Å². The van der Waals surface area contributed by atoms with Crippen LogP contribution < -0.4 is 5.73 Å². The second-order valence-electron chi connectivity index (χ2n) is 3.31. The van der Waals surface area contributed by atoms with Gasteiger partial charge in [-0.2, -0.15) is 0 Å². The van der Waals surface area contributed by atoms with Gasteiger partial charge in [-0.3, -0.25) is 4.98 Å². The minimum Gasteiger partial charge on any atom is -0.399 e. The van der Waals surface area contributed by atoms with Crippen LogP contribution in [0.15, 0.2) is 42.7 Å². The second-order valence-corrected chi connectivity index (χ2v) is 3.31. The van der Waals surface area contributed by atoms with Gasteiger partial charge in [-0.25, -0.2) is 0 Å². The zero-order valence-corrected chi connectivity index (χ0v) is 8.07. The van der Waals surface area contributed by atoms with Crippen molar-refractivity contribution in [3.05, 3.63) is 48.3 Å². The summed E-state index contributed by atoms with van der Waals surface area (Å²) in [6.07, 6.45) is 3.62. The third-order valence-electron chi connectivity index (χ3n) is 2.26. The molecular weight excluding hydrogens is 172 g/mol. The summed E-state index contributed by atoms with van der Waals surface area (Å²) in [4.78, 5) is 4.08. The van der Waals surface area contributed by atoms with Gasteiger partial charge < -0.3 is 5.73 Å². The van der Waals surface area contributed by atoms with Gasteiger partial charge in [0, 0.05) is 18.1 Å². The van der Waals surface area contributed by atoms with E-state index in [0.717, 1.165) is 22.4 Å². The first-order valence-electron chi connectivity index (χ1n) is 4.54. The molecule has 2 rings (SSSR count). The Kier molecular flexibility index (Phi) is 2.19. The molecule has 0 amide bonds. The van der Waals surface area contributed by atoms with Crippen molar-refractivity contribution < 1.29 is 0 Å². The Bertz CT molecular complexity index is 435. The number of nitrogens with zero attached hydrogens (tertiary/aromatic N) is 1. The molecule has 0 saturated carbocycles. The van der Waals surface area contributed by atoms with Crippen molar-refractivity contribution in [3.8, 4) is 11.1 Å². The van der Waals surface area contributed by atoms with Crippen LogP contribution in [0.4, 0.5) is 5.69 Å². The van der Waals surface area contributed by atoms with Crippen LogP contribution in [0.3, 0.4) is 0 Å². The first kappa shape index (κ1) is 8.75. The van der Waals surface area contributed by atoms with Gasteiger partial charge in [-0.05, 0) is 41.8 Å². The normalized spacial score (nSPS) is 10.1. The predicted molar refractivity (Wildman–Crippen MR) is 58.8 cm³/mol. The number of rotatable bonds is 1. The number of nitrogens with two attached hydrogens (primary N) is 1. The highest BCUT2D eigenvalue weighted by Crippen LogP contribution is 2.22. The molecule has 0 aliphatic rings. The van der Waals surface area contributed by atoms with Crippen LogP contribution in [0, 0.1) is 6.92 Å². The molecule has 1 heterocycles. The Morgan fingerprint density at radius 3 is 2.64 bits per heavy atom. The third-order valence-corrected chi connectivity index (χ3v) is 2.26. The van der Waals surface area contributed by atoms with Crippen LogP contribution in [-0.2, 0) is 0 Å². The summed E-state index contributed by atoms with van der Waals surface area (Å²) in [5.74, 6) is 0. The minimum absolute atomic E-state index is 0.831. The number of nitrogen functional groups attached to an aromatic ring is 1. The van der Waals surface area contributed by atoms with Crippen LogP contribution in [-0.4, -0.2) is 4.98 Å². The van der Waals surface area contributed by atoms with Crippen molar-refractivity contribution in [1.29, 1.82) is 0 Å². The van der Waals surface area contributed by atoms with E-state index in [2.05, 4.69) is 11.1 Å². The van der Waals surface area contributed by atoms with E-state index in [1.54, 1.807) is 6.20 Å². The molecule has 70 valence electrons. The van der Waals surface area contributed by atoms with Gasteiger partial charge in [-0.1, -0.05) is 12.1 Å². The third kappa shape index (κ3) is 1.59. The highest BCUT2D eigenvalue weighted by Gasteiger charge is 1.98. The van der Waals surface area contributed by atoms with E-state index < -0.39 is 0 Å². The molecule has 2 aromatic rings. The summed E-state index contributed by atoms with van der Waals surface area (Å²) in [7, 11) is 0. The smallest absolute Gasteiger partial charge is 0.0346 e. The van der Waals surface area contributed by atoms with Crippen molar-refractivity contribution in [2.24, 2.45) is 0 Å². The topological polar surface area (TPSA) is 38.9 Å². The molecular formula is C12H12N2. The molecule has 1 aromatic carbocycles. The number of benzene rings is 1. The van der Waals surface area contributed by atoms with Gasteiger partial charge in [-0.15, -0.1) is 0 Å². The average Bonchev–Trinajstić information content (AvgIpc) is 2.23. The summed E-state index contributed by atoms with van der Waals surface area (Å²) in [6.45, 7) is 2.01. The molecule has 14 heavy (non-hydrogen) atoms. The van der Waals surface area contributed by atoms with E-state index in [1.807, 2.05) is 37.4 Å². The lowest BCUT2D eigenvalue weighted by molar-refractivity contribution is 1.33. The number of hydrogen-bond acceptors (Lipinski definition) is 2. The van der Waals surface area contributed by atoms with Crippen LogP contribution >= 0.6 is 0 Å². The van der Waals surface area contributed by atoms with E-state index in [0.29, 0.717) is 0 Å².